The van der Waals surface area contributed by atoms with Gasteiger partial charge in [-0.1, -0.05) is 37.6 Å². The zero-order valence-corrected chi connectivity index (χ0v) is 18.8. The second-order valence-electron chi connectivity index (χ2n) is 8.41. The van der Waals surface area contributed by atoms with Crippen LogP contribution in [0.1, 0.15) is 71.2 Å². The van der Waals surface area contributed by atoms with Gasteiger partial charge in [-0.15, -0.1) is 11.3 Å². The highest BCUT2D eigenvalue weighted by Gasteiger charge is 2.29. The molecule has 160 valence electrons. The number of likely N-dealkylation sites (tertiary alicyclic amines) is 2. The van der Waals surface area contributed by atoms with E-state index in [1.54, 1.807) is 0 Å². The molecule has 3 heterocycles. The first-order valence-corrected chi connectivity index (χ1v) is 12.0. The van der Waals surface area contributed by atoms with Gasteiger partial charge in [0.25, 0.3) is 5.91 Å². The number of ketones is 1. The van der Waals surface area contributed by atoms with E-state index in [9.17, 15) is 9.59 Å². The number of carbonyl (C=O) groups is 2. The van der Waals surface area contributed by atoms with E-state index in [2.05, 4.69) is 9.88 Å². The molecule has 1 aromatic heterocycles. The van der Waals surface area contributed by atoms with Crippen LogP contribution in [0.2, 0.25) is 0 Å². The maximum atomic E-state index is 13.2. The van der Waals surface area contributed by atoms with Crippen LogP contribution in [0.15, 0.2) is 24.3 Å². The Balaban J connectivity index is 1.41. The van der Waals surface area contributed by atoms with Crippen LogP contribution < -0.4 is 0 Å². The second kappa shape index (κ2) is 9.40. The fraction of sp³-hybridized carbons (Fsp3) is 0.542. The van der Waals surface area contributed by atoms with Gasteiger partial charge in [-0.05, 0) is 45.7 Å². The molecule has 0 unspecified atom stereocenters. The van der Waals surface area contributed by atoms with Crippen molar-refractivity contribution in [2.24, 2.45) is 0 Å². The average molecular weight is 426 g/mol. The third-order valence-electron chi connectivity index (χ3n) is 6.42. The van der Waals surface area contributed by atoms with Crippen molar-refractivity contribution in [3.8, 4) is 10.6 Å². The molecule has 1 aromatic carbocycles. The van der Waals surface area contributed by atoms with Crippen LogP contribution in [-0.4, -0.2) is 58.7 Å². The molecule has 2 saturated heterocycles. The summed E-state index contributed by atoms with van der Waals surface area (Å²) in [6.45, 7) is 7.90. The van der Waals surface area contributed by atoms with Gasteiger partial charge in [0.05, 0.1) is 5.69 Å². The number of hydrogen-bond donors (Lipinski definition) is 0. The molecular weight excluding hydrogens is 394 g/mol. The van der Waals surface area contributed by atoms with Crippen molar-refractivity contribution in [3.63, 3.8) is 0 Å². The number of rotatable bonds is 5. The maximum Gasteiger partial charge on any atom is 0.265 e. The van der Waals surface area contributed by atoms with Crippen LogP contribution in [0.25, 0.3) is 10.6 Å². The van der Waals surface area contributed by atoms with E-state index in [4.69, 9.17) is 0 Å². The summed E-state index contributed by atoms with van der Waals surface area (Å²) in [5.74, 6) is 0.256. The van der Waals surface area contributed by atoms with Crippen molar-refractivity contribution in [2.75, 3.05) is 26.2 Å². The maximum absolute atomic E-state index is 13.2. The Bertz CT molecular complexity index is 892. The fourth-order valence-electron chi connectivity index (χ4n) is 4.58. The molecule has 2 fully saturated rings. The van der Waals surface area contributed by atoms with Crippen molar-refractivity contribution in [1.82, 2.24) is 14.8 Å². The van der Waals surface area contributed by atoms with Crippen LogP contribution in [0.4, 0.5) is 0 Å². The normalized spacial score (nSPS) is 18.5. The lowest BCUT2D eigenvalue weighted by Gasteiger charge is -2.40. The molecule has 0 spiro atoms. The summed E-state index contributed by atoms with van der Waals surface area (Å²) >= 11 is 1.47. The second-order valence-corrected chi connectivity index (χ2v) is 9.41. The first-order valence-electron chi connectivity index (χ1n) is 11.2. The van der Waals surface area contributed by atoms with E-state index in [1.807, 2.05) is 43.0 Å². The number of carbonyl (C=O) groups excluding carboxylic acids is 2. The van der Waals surface area contributed by atoms with E-state index in [1.165, 1.54) is 43.7 Å². The molecule has 0 bridgehead atoms. The number of piperidine rings is 2. The van der Waals surface area contributed by atoms with Gasteiger partial charge in [0.1, 0.15) is 9.88 Å². The van der Waals surface area contributed by atoms with E-state index in [0.29, 0.717) is 12.5 Å². The Hall–Kier alpha value is -2.05. The zero-order valence-electron chi connectivity index (χ0n) is 18.0. The van der Waals surface area contributed by atoms with Crippen LogP contribution in [0.5, 0.6) is 0 Å². The average Bonchev–Trinajstić information content (AvgIpc) is 3.20. The molecule has 0 atom stereocenters. The summed E-state index contributed by atoms with van der Waals surface area (Å²) in [5, 5.41) is 0.842. The van der Waals surface area contributed by atoms with Crippen LogP contribution in [0, 0.1) is 6.92 Å². The van der Waals surface area contributed by atoms with Crippen molar-refractivity contribution in [1.29, 1.82) is 0 Å². The highest BCUT2D eigenvalue weighted by Crippen LogP contribution is 2.30. The molecular formula is C24H31N3O2S. The summed E-state index contributed by atoms with van der Waals surface area (Å²) in [6, 6.07) is 8.20. The first kappa shape index (κ1) is 21.2. The molecule has 2 aliphatic heterocycles. The number of aryl methyl sites for hydroxylation is 1. The minimum atomic E-state index is 0.117. The number of nitrogens with zero attached hydrogens (tertiary/aromatic N) is 3. The van der Waals surface area contributed by atoms with E-state index in [-0.39, 0.29) is 11.7 Å². The highest BCUT2D eigenvalue weighted by molar-refractivity contribution is 7.17. The van der Waals surface area contributed by atoms with Crippen LogP contribution in [0.3, 0.4) is 0 Å². The van der Waals surface area contributed by atoms with Gasteiger partial charge in [-0.25, -0.2) is 4.98 Å². The number of thiazole rings is 1. The summed E-state index contributed by atoms with van der Waals surface area (Å²) < 4.78 is 0. The lowest BCUT2D eigenvalue weighted by atomic mass is 10.00. The van der Waals surface area contributed by atoms with Crippen LogP contribution >= 0.6 is 11.3 Å². The van der Waals surface area contributed by atoms with Crippen molar-refractivity contribution >= 4 is 23.0 Å². The number of benzene rings is 1. The lowest BCUT2D eigenvalue weighted by molar-refractivity contribution is 0.0593. The van der Waals surface area contributed by atoms with E-state index >= 15 is 0 Å². The SMILES string of the molecule is CCC(=O)c1ccc(-c2nc(C)c(C(=O)N3CCC(N4CCCCC4)CC3)s2)cc1. The molecule has 30 heavy (non-hydrogen) atoms. The molecule has 0 saturated carbocycles. The molecule has 0 N–H and O–H groups in total. The quantitative estimate of drug-likeness (QED) is 0.646. The van der Waals surface area contributed by atoms with Gasteiger partial charge in [-0.2, -0.15) is 0 Å². The molecule has 0 aliphatic carbocycles. The Morgan fingerprint density at radius 3 is 2.33 bits per heavy atom. The third-order valence-corrected chi connectivity index (χ3v) is 7.62. The number of hydrogen-bond acceptors (Lipinski definition) is 5. The standard InChI is InChI=1S/C24H31N3O2S/c1-3-21(28)18-7-9-19(10-8-18)23-25-17(2)22(30-23)24(29)27-15-11-20(12-16-27)26-13-5-4-6-14-26/h7-10,20H,3-6,11-16H2,1-2H3. The minimum Gasteiger partial charge on any atom is -0.338 e. The molecule has 6 heteroatoms. The van der Waals surface area contributed by atoms with Gasteiger partial charge in [0.15, 0.2) is 5.78 Å². The third kappa shape index (κ3) is 4.49. The molecule has 4 rings (SSSR count). The number of amides is 1. The molecule has 2 aromatic rings. The summed E-state index contributed by atoms with van der Waals surface area (Å²) in [7, 11) is 0. The van der Waals surface area contributed by atoms with Gasteiger partial charge < -0.3 is 9.80 Å². The van der Waals surface area contributed by atoms with Crippen molar-refractivity contribution < 1.29 is 9.59 Å². The minimum absolute atomic E-state index is 0.117. The predicted octanol–water partition coefficient (Wildman–Crippen LogP) is 4.80. The Morgan fingerprint density at radius 2 is 1.70 bits per heavy atom. The summed E-state index contributed by atoms with van der Waals surface area (Å²) in [5.41, 5.74) is 2.48. The number of Topliss-reactive ketones (excluding diaryl/α,β-unsaturated/α-hetero) is 1. The Kier molecular flexibility index (Phi) is 6.64. The van der Waals surface area contributed by atoms with Gasteiger partial charge in [0, 0.05) is 36.7 Å². The largest absolute Gasteiger partial charge is 0.338 e. The Morgan fingerprint density at radius 1 is 1.03 bits per heavy atom. The Labute approximate surface area is 183 Å². The fourth-order valence-corrected chi connectivity index (χ4v) is 5.62. The highest BCUT2D eigenvalue weighted by atomic mass is 32.1. The van der Waals surface area contributed by atoms with Crippen LogP contribution in [-0.2, 0) is 0 Å². The molecule has 5 nitrogen and oxygen atoms in total. The van der Waals surface area contributed by atoms with E-state index in [0.717, 1.165) is 52.6 Å². The van der Waals surface area contributed by atoms with Gasteiger partial charge >= 0.3 is 0 Å². The predicted molar refractivity (Wildman–Crippen MR) is 121 cm³/mol. The smallest absolute Gasteiger partial charge is 0.265 e. The summed E-state index contributed by atoms with van der Waals surface area (Å²) in [4.78, 5) is 35.1. The summed E-state index contributed by atoms with van der Waals surface area (Å²) in [6.07, 6.45) is 6.64. The molecule has 2 aliphatic rings. The monoisotopic (exact) mass is 425 g/mol. The van der Waals surface area contributed by atoms with Crippen molar-refractivity contribution in [3.05, 3.63) is 40.4 Å². The van der Waals surface area contributed by atoms with E-state index < -0.39 is 0 Å². The van der Waals surface area contributed by atoms with Gasteiger partial charge in [-0.3, -0.25) is 9.59 Å². The first-order chi connectivity index (χ1) is 14.6. The molecule has 0 radical (unpaired) electrons. The van der Waals surface area contributed by atoms with Gasteiger partial charge in [0.2, 0.25) is 0 Å². The lowest BCUT2D eigenvalue weighted by Crippen LogP contribution is -2.48. The molecule has 1 amide bonds. The zero-order chi connectivity index (χ0) is 21.1. The van der Waals surface area contributed by atoms with Crippen molar-refractivity contribution in [2.45, 2.75) is 58.4 Å². The topological polar surface area (TPSA) is 53.5 Å². The number of aromatic nitrogens is 1.